The highest BCUT2D eigenvalue weighted by atomic mass is 19.1. The zero-order valence-corrected chi connectivity index (χ0v) is 10.3. The van der Waals surface area contributed by atoms with Gasteiger partial charge in [0.05, 0.1) is 13.7 Å². The van der Waals surface area contributed by atoms with Gasteiger partial charge in [-0.15, -0.1) is 0 Å². The number of rotatable bonds is 4. The molecule has 0 saturated heterocycles. The number of nitrogens with zero attached hydrogens (tertiary/aromatic N) is 1. The summed E-state index contributed by atoms with van der Waals surface area (Å²) in [6, 6.07) is 4.96. The maximum atomic E-state index is 13.4. The van der Waals surface area contributed by atoms with Crippen molar-refractivity contribution >= 4 is 5.96 Å². The van der Waals surface area contributed by atoms with Crippen LogP contribution in [0.5, 0.6) is 5.75 Å². The number of benzene rings is 1. The Kier molecular flexibility index (Phi) is 4.75. The van der Waals surface area contributed by atoms with Gasteiger partial charge in [-0.25, -0.2) is 9.38 Å². The fourth-order valence-corrected chi connectivity index (χ4v) is 1.33. The van der Waals surface area contributed by atoms with Crippen molar-refractivity contribution in [2.75, 3.05) is 7.11 Å². The van der Waals surface area contributed by atoms with Crippen LogP contribution in [-0.2, 0) is 6.54 Å². The van der Waals surface area contributed by atoms with E-state index in [0.717, 1.165) is 5.56 Å². The number of methoxy groups -OCH3 is 1. The molecule has 0 saturated carbocycles. The molecular weight excluding hydrogens is 221 g/mol. The number of aliphatic imine (C=N–C) groups is 1. The molecule has 0 atom stereocenters. The topological polar surface area (TPSA) is 59.6 Å². The van der Waals surface area contributed by atoms with Gasteiger partial charge in [0, 0.05) is 6.04 Å². The number of nitrogens with one attached hydrogen (secondary N) is 1. The van der Waals surface area contributed by atoms with E-state index in [2.05, 4.69) is 10.3 Å². The Balaban J connectivity index is 2.66. The van der Waals surface area contributed by atoms with Crippen LogP contribution in [0, 0.1) is 5.82 Å². The van der Waals surface area contributed by atoms with Gasteiger partial charge in [-0.2, -0.15) is 0 Å². The van der Waals surface area contributed by atoms with Crippen molar-refractivity contribution in [2.24, 2.45) is 10.7 Å². The van der Waals surface area contributed by atoms with Crippen molar-refractivity contribution in [2.45, 2.75) is 26.4 Å². The van der Waals surface area contributed by atoms with Crippen molar-refractivity contribution in [3.05, 3.63) is 29.6 Å². The fraction of sp³-hybridized carbons (Fsp3) is 0.417. The summed E-state index contributed by atoms with van der Waals surface area (Å²) in [4.78, 5) is 4.11. The minimum Gasteiger partial charge on any atom is -0.494 e. The van der Waals surface area contributed by atoms with Crippen molar-refractivity contribution in [1.82, 2.24) is 5.32 Å². The molecule has 1 aromatic rings. The van der Waals surface area contributed by atoms with Crippen LogP contribution in [-0.4, -0.2) is 19.1 Å². The average molecular weight is 239 g/mol. The molecule has 4 nitrogen and oxygen atoms in total. The van der Waals surface area contributed by atoms with E-state index in [-0.39, 0.29) is 11.8 Å². The molecule has 0 bridgehead atoms. The van der Waals surface area contributed by atoms with Crippen molar-refractivity contribution in [1.29, 1.82) is 0 Å². The summed E-state index contributed by atoms with van der Waals surface area (Å²) in [5.41, 5.74) is 6.38. The summed E-state index contributed by atoms with van der Waals surface area (Å²) in [7, 11) is 1.43. The number of halogens is 1. The quantitative estimate of drug-likeness (QED) is 0.620. The van der Waals surface area contributed by atoms with Crippen LogP contribution >= 0.6 is 0 Å². The van der Waals surface area contributed by atoms with Gasteiger partial charge in [0.25, 0.3) is 0 Å². The molecule has 0 fully saturated rings. The highest BCUT2D eigenvalue weighted by molar-refractivity contribution is 5.78. The number of hydrogen-bond donors (Lipinski definition) is 2. The lowest BCUT2D eigenvalue weighted by Gasteiger charge is -2.08. The standard InChI is InChI=1S/C12H18FN3O/c1-8(2)16-12(14)15-7-9-4-5-11(17-3)10(13)6-9/h4-6,8H,7H2,1-3H3,(H3,14,15,16). The van der Waals surface area contributed by atoms with E-state index in [1.165, 1.54) is 13.2 Å². The lowest BCUT2D eigenvalue weighted by atomic mass is 10.2. The second-order valence-corrected chi connectivity index (χ2v) is 3.97. The highest BCUT2D eigenvalue weighted by Gasteiger charge is 2.03. The molecule has 0 radical (unpaired) electrons. The second-order valence-electron chi connectivity index (χ2n) is 3.97. The Labute approximate surface area is 101 Å². The molecule has 0 aliphatic carbocycles. The van der Waals surface area contributed by atoms with E-state index in [1.54, 1.807) is 12.1 Å². The van der Waals surface area contributed by atoms with E-state index in [0.29, 0.717) is 12.5 Å². The number of nitrogens with two attached hydrogens (primary N) is 1. The van der Waals surface area contributed by atoms with Gasteiger partial charge < -0.3 is 15.8 Å². The van der Waals surface area contributed by atoms with Gasteiger partial charge in [0.2, 0.25) is 0 Å². The third kappa shape index (κ3) is 4.30. The summed E-state index contributed by atoms with van der Waals surface area (Å²) < 4.78 is 18.2. The lowest BCUT2D eigenvalue weighted by molar-refractivity contribution is 0.386. The first-order valence-electron chi connectivity index (χ1n) is 5.41. The molecule has 0 aliphatic rings. The van der Waals surface area contributed by atoms with Crippen molar-refractivity contribution < 1.29 is 9.13 Å². The Hall–Kier alpha value is -1.78. The summed E-state index contributed by atoms with van der Waals surface area (Å²) in [5.74, 6) is 0.192. The van der Waals surface area contributed by atoms with Crippen LogP contribution < -0.4 is 15.8 Å². The predicted octanol–water partition coefficient (Wildman–Crippen LogP) is 1.65. The summed E-state index contributed by atoms with van der Waals surface area (Å²) >= 11 is 0. The molecule has 1 rings (SSSR count). The number of ether oxygens (including phenoxy) is 1. The van der Waals surface area contributed by atoms with Gasteiger partial charge in [0.15, 0.2) is 17.5 Å². The van der Waals surface area contributed by atoms with Crippen LogP contribution in [0.25, 0.3) is 0 Å². The minimum absolute atomic E-state index is 0.228. The normalized spacial score (nSPS) is 11.7. The summed E-state index contributed by atoms with van der Waals surface area (Å²) in [6.07, 6.45) is 0. The minimum atomic E-state index is -0.393. The molecule has 3 N–H and O–H groups in total. The van der Waals surface area contributed by atoms with Gasteiger partial charge in [-0.3, -0.25) is 0 Å². The van der Waals surface area contributed by atoms with E-state index in [4.69, 9.17) is 10.5 Å². The number of hydrogen-bond acceptors (Lipinski definition) is 2. The van der Waals surface area contributed by atoms with E-state index in [9.17, 15) is 4.39 Å². The Morgan fingerprint density at radius 1 is 1.53 bits per heavy atom. The summed E-state index contributed by atoms with van der Waals surface area (Å²) in [6.45, 7) is 4.28. The van der Waals surface area contributed by atoms with Crippen LogP contribution in [0.15, 0.2) is 23.2 Å². The molecule has 0 spiro atoms. The first-order valence-corrected chi connectivity index (χ1v) is 5.41. The third-order valence-corrected chi connectivity index (χ3v) is 2.08. The van der Waals surface area contributed by atoms with Crippen LogP contribution in [0.1, 0.15) is 19.4 Å². The lowest BCUT2D eigenvalue weighted by Crippen LogP contribution is -2.36. The molecule has 0 unspecified atom stereocenters. The van der Waals surface area contributed by atoms with E-state index < -0.39 is 5.82 Å². The zero-order chi connectivity index (χ0) is 12.8. The molecule has 17 heavy (non-hydrogen) atoms. The molecule has 0 aliphatic heterocycles. The van der Waals surface area contributed by atoms with Crippen LogP contribution in [0.2, 0.25) is 0 Å². The van der Waals surface area contributed by atoms with E-state index in [1.807, 2.05) is 13.8 Å². The Bertz CT molecular complexity index is 405. The fourth-order valence-electron chi connectivity index (χ4n) is 1.33. The van der Waals surface area contributed by atoms with Gasteiger partial charge in [0.1, 0.15) is 0 Å². The maximum absolute atomic E-state index is 13.4. The molecule has 0 aromatic heterocycles. The highest BCUT2D eigenvalue weighted by Crippen LogP contribution is 2.17. The predicted molar refractivity (Wildman–Crippen MR) is 66.6 cm³/mol. The zero-order valence-electron chi connectivity index (χ0n) is 10.3. The average Bonchev–Trinajstić information content (AvgIpc) is 2.25. The molecule has 0 heterocycles. The Morgan fingerprint density at radius 2 is 2.24 bits per heavy atom. The first-order chi connectivity index (χ1) is 8.02. The third-order valence-electron chi connectivity index (χ3n) is 2.08. The smallest absolute Gasteiger partial charge is 0.189 e. The SMILES string of the molecule is COc1ccc(CN=C(N)NC(C)C)cc1F. The molecule has 0 amide bonds. The van der Waals surface area contributed by atoms with Crippen molar-refractivity contribution in [3.63, 3.8) is 0 Å². The maximum Gasteiger partial charge on any atom is 0.189 e. The van der Waals surface area contributed by atoms with Crippen LogP contribution in [0.4, 0.5) is 4.39 Å². The monoisotopic (exact) mass is 239 g/mol. The van der Waals surface area contributed by atoms with Gasteiger partial charge in [-0.1, -0.05) is 6.07 Å². The molecule has 5 heteroatoms. The molecule has 1 aromatic carbocycles. The van der Waals surface area contributed by atoms with Crippen molar-refractivity contribution in [3.8, 4) is 5.75 Å². The van der Waals surface area contributed by atoms with Gasteiger partial charge >= 0.3 is 0 Å². The second kappa shape index (κ2) is 6.08. The Morgan fingerprint density at radius 3 is 2.76 bits per heavy atom. The van der Waals surface area contributed by atoms with Gasteiger partial charge in [-0.05, 0) is 31.5 Å². The van der Waals surface area contributed by atoms with Crippen LogP contribution in [0.3, 0.4) is 0 Å². The number of guanidine groups is 1. The summed E-state index contributed by atoms with van der Waals surface area (Å²) in [5, 5.41) is 2.96. The largest absolute Gasteiger partial charge is 0.494 e. The van der Waals surface area contributed by atoms with E-state index >= 15 is 0 Å². The first kappa shape index (κ1) is 13.3. The molecule has 94 valence electrons. The molecular formula is C12H18FN3O.